The first-order chi connectivity index (χ1) is 15.2. The third-order valence-electron chi connectivity index (χ3n) is 6.16. The van der Waals surface area contributed by atoms with E-state index < -0.39 is 52.4 Å². The van der Waals surface area contributed by atoms with Crippen LogP contribution >= 0.6 is 0 Å². The van der Waals surface area contributed by atoms with Crippen molar-refractivity contribution in [3.63, 3.8) is 0 Å². The Morgan fingerprint density at radius 1 is 1.30 bits per heavy atom. The van der Waals surface area contributed by atoms with Crippen LogP contribution in [-0.2, 0) is 26.9 Å². The lowest BCUT2D eigenvalue weighted by Crippen LogP contribution is -2.47. The molecule has 2 bridgehead atoms. The van der Waals surface area contributed by atoms with Crippen molar-refractivity contribution in [3.05, 3.63) is 40.5 Å². The summed E-state index contributed by atoms with van der Waals surface area (Å²) in [4.78, 5) is 12.2. The van der Waals surface area contributed by atoms with E-state index in [1.54, 1.807) is 27.7 Å². The summed E-state index contributed by atoms with van der Waals surface area (Å²) < 4.78 is 52.5. The lowest BCUT2D eigenvalue weighted by atomic mass is 9.76. The van der Waals surface area contributed by atoms with Crippen LogP contribution in [0.5, 0.6) is 11.8 Å². The van der Waals surface area contributed by atoms with Crippen molar-refractivity contribution in [2.45, 2.75) is 63.6 Å². The molecule has 33 heavy (non-hydrogen) atoms. The summed E-state index contributed by atoms with van der Waals surface area (Å²) in [5, 5.41) is 33.7. The average Bonchev–Trinajstić information content (AvgIpc) is 3.21. The van der Waals surface area contributed by atoms with Crippen molar-refractivity contribution >= 4 is 6.09 Å². The quantitative estimate of drug-likeness (QED) is 0.627. The molecule has 4 rings (SSSR count). The van der Waals surface area contributed by atoms with Crippen molar-refractivity contribution in [2.75, 3.05) is 0 Å². The minimum Gasteiger partial charge on any atom is -0.494 e. The number of alkyl halides is 3. The van der Waals surface area contributed by atoms with Crippen molar-refractivity contribution in [3.8, 4) is 23.5 Å². The number of ether oxygens (including phenoxy) is 2. The van der Waals surface area contributed by atoms with Gasteiger partial charge in [0.05, 0.1) is 51.8 Å². The van der Waals surface area contributed by atoms with Gasteiger partial charge in [0.25, 0.3) is 0 Å². The summed E-state index contributed by atoms with van der Waals surface area (Å²) >= 11 is 0. The largest absolute Gasteiger partial charge is 0.494 e. The SMILES string of the molecule is CC(C)OC(=O)N[C@@H]1C[C@@]2(C)O[C@]1(C)c1c2c(O)n(-c2ccc(C#N)c(C(F)(F)F)c2)c1O. The minimum absolute atomic E-state index is 0.168. The van der Waals surface area contributed by atoms with Gasteiger partial charge in [-0.3, -0.25) is 4.57 Å². The number of hydrogen-bond donors (Lipinski definition) is 3. The van der Waals surface area contributed by atoms with E-state index in [0.717, 1.165) is 10.6 Å². The Bertz CT molecular complexity index is 1200. The van der Waals surface area contributed by atoms with Gasteiger partial charge in [-0.25, -0.2) is 4.79 Å². The van der Waals surface area contributed by atoms with E-state index in [2.05, 4.69) is 5.32 Å². The van der Waals surface area contributed by atoms with Crippen LogP contribution in [0.15, 0.2) is 18.2 Å². The molecule has 2 aliphatic heterocycles. The first kappa shape index (κ1) is 22.8. The van der Waals surface area contributed by atoms with Gasteiger partial charge in [-0.15, -0.1) is 0 Å². The van der Waals surface area contributed by atoms with E-state index in [-0.39, 0.29) is 29.3 Å². The van der Waals surface area contributed by atoms with Gasteiger partial charge in [0.2, 0.25) is 11.8 Å². The molecule has 3 atom stereocenters. The van der Waals surface area contributed by atoms with Crippen LogP contribution < -0.4 is 5.32 Å². The van der Waals surface area contributed by atoms with Gasteiger partial charge in [0, 0.05) is 6.42 Å². The molecule has 0 aliphatic carbocycles. The lowest BCUT2D eigenvalue weighted by Gasteiger charge is -2.30. The average molecular weight is 465 g/mol. The maximum absolute atomic E-state index is 13.5. The fourth-order valence-electron chi connectivity index (χ4n) is 4.89. The molecule has 0 radical (unpaired) electrons. The number of nitriles is 1. The molecule has 3 heterocycles. The number of nitrogens with one attached hydrogen (secondary N) is 1. The number of fused-ring (bicyclic) bond motifs is 5. The summed E-state index contributed by atoms with van der Waals surface area (Å²) in [5.74, 6) is -0.995. The summed E-state index contributed by atoms with van der Waals surface area (Å²) in [6.07, 6.45) is -5.61. The number of hydrogen-bond acceptors (Lipinski definition) is 6. The fraction of sp³-hybridized carbons (Fsp3) is 0.455. The van der Waals surface area contributed by atoms with Crippen molar-refractivity contribution in [1.29, 1.82) is 5.26 Å². The third kappa shape index (κ3) is 3.28. The van der Waals surface area contributed by atoms with Gasteiger partial charge < -0.3 is 25.0 Å². The molecule has 1 fully saturated rings. The smallest absolute Gasteiger partial charge is 0.417 e. The molecule has 1 aromatic carbocycles. The van der Waals surface area contributed by atoms with Gasteiger partial charge >= 0.3 is 12.3 Å². The van der Waals surface area contributed by atoms with Crippen molar-refractivity contribution in [1.82, 2.24) is 9.88 Å². The Morgan fingerprint density at radius 2 is 1.94 bits per heavy atom. The van der Waals surface area contributed by atoms with Crippen LogP contribution in [0.25, 0.3) is 5.69 Å². The van der Waals surface area contributed by atoms with Crippen LogP contribution in [0.3, 0.4) is 0 Å². The molecule has 1 aromatic heterocycles. The van der Waals surface area contributed by atoms with Crippen LogP contribution in [-0.4, -0.2) is 33.0 Å². The number of aromatic hydroxyl groups is 2. The second-order valence-corrected chi connectivity index (χ2v) is 8.87. The number of amides is 1. The normalized spacial score (nSPS) is 25.7. The van der Waals surface area contributed by atoms with Gasteiger partial charge in [-0.2, -0.15) is 18.4 Å². The monoisotopic (exact) mass is 465 g/mol. The zero-order chi connectivity index (χ0) is 24.5. The van der Waals surface area contributed by atoms with Crippen LogP contribution in [0.4, 0.5) is 18.0 Å². The number of halogens is 3. The summed E-state index contributed by atoms with van der Waals surface area (Å²) in [5.41, 5.74) is -3.94. The lowest BCUT2D eigenvalue weighted by molar-refractivity contribution is -0.137. The van der Waals surface area contributed by atoms with Gasteiger partial charge in [-0.05, 0) is 45.9 Å². The Hall–Kier alpha value is -3.39. The van der Waals surface area contributed by atoms with E-state index in [0.29, 0.717) is 6.07 Å². The molecular weight excluding hydrogens is 443 g/mol. The molecule has 1 saturated heterocycles. The summed E-state index contributed by atoms with van der Waals surface area (Å²) in [6.45, 7) is 6.66. The predicted octanol–water partition coefficient (Wildman–Crippen LogP) is 4.15. The number of alkyl carbamates (subject to hydrolysis) is 1. The number of carbonyl (C=O) groups is 1. The molecule has 0 spiro atoms. The molecule has 11 heteroatoms. The molecule has 8 nitrogen and oxygen atoms in total. The molecule has 176 valence electrons. The van der Waals surface area contributed by atoms with E-state index in [4.69, 9.17) is 14.7 Å². The number of nitrogens with zero attached hydrogens (tertiary/aromatic N) is 2. The van der Waals surface area contributed by atoms with Crippen LogP contribution in [0.1, 0.15) is 56.4 Å². The highest BCUT2D eigenvalue weighted by Gasteiger charge is 2.65. The highest BCUT2D eigenvalue weighted by atomic mass is 19.4. The van der Waals surface area contributed by atoms with E-state index >= 15 is 0 Å². The molecule has 2 aliphatic rings. The fourth-order valence-corrected chi connectivity index (χ4v) is 4.89. The molecule has 0 unspecified atom stereocenters. The summed E-state index contributed by atoms with van der Waals surface area (Å²) in [6, 6.07) is 3.73. The molecule has 0 saturated carbocycles. The van der Waals surface area contributed by atoms with Gasteiger partial charge in [0.1, 0.15) is 5.60 Å². The summed E-state index contributed by atoms with van der Waals surface area (Å²) in [7, 11) is 0. The number of aromatic nitrogens is 1. The van der Waals surface area contributed by atoms with Crippen molar-refractivity contribution in [2.24, 2.45) is 0 Å². The zero-order valence-corrected chi connectivity index (χ0v) is 18.2. The highest BCUT2D eigenvalue weighted by Crippen LogP contribution is 2.64. The van der Waals surface area contributed by atoms with Gasteiger partial charge in [0.15, 0.2) is 0 Å². The molecule has 3 N–H and O–H groups in total. The Morgan fingerprint density at radius 3 is 2.52 bits per heavy atom. The maximum atomic E-state index is 13.5. The topological polar surface area (TPSA) is 117 Å². The number of carbonyl (C=O) groups excluding carboxylic acids is 1. The molecule has 2 aromatic rings. The van der Waals surface area contributed by atoms with Crippen LogP contribution in [0, 0.1) is 11.3 Å². The van der Waals surface area contributed by atoms with E-state index in [1.807, 2.05) is 0 Å². The Balaban J connectivity index is 1.82. The Kier molecular flexibility index (Phi) is 4.87. The molecule has 1 amide bonds. The van der Waals surface area contributed by atoms with Crippen molar-refractivity contribution < 1.29 is 37.7 Å². The number of benzene rings is 1. The van der Waals surface area contributed by atoms with E-state index in [1.165, 1.54) is 12.1 Å². The van der Waals surface area contributed by atoms with E-state index in [9.17, 15) is 28.2 Å². The molecular formula is C22H22F3N3O5. The first-order valence-electron chi connectivity index (χ1n) is 10.2. The van der Waals surface area contributed by atoms with Gasteiger partial charge in [-0.1, -0.05) is 0 Å². The first-order valence-corrected chi connectivity index (χ1v) is 10.2. The maximum Gasteiger partial charge on any atom is 0.417 e. The third-order valence-corrected chi connectivity index (χ3v) is 6.16. The Labute approximate surface area is 187 Å². The van der Waals surface area contributed by atoms with Crippen LogP contribution in [0.2, 0.25) is 0 Å². The minimum atomic E-state index is -4.81. The number of rotatable bonds is 3. The standard InChI is InChI=1S/C22H22F3N3O5/c1-10(2)32-19(31)27-14-8-20(3)15-16(21(14,4)33-20)18(30)28(17(15)29)12-6-5-11(9-26)13(7-12)22(23,24)25/h5-7,10,14,29-30H,8H2,1-4H3,(H,27,31)/t14-,20-,21+/m1/s1. The second-order valence-electron chi connectivity index (χ2n) is 8.87. The highest BCUT2D eigenvalue weighted by molar-refractivity contribution is 5.70. The zero-order valence-electron chi connectivity index (χ0n) is 18.2. The second kappa shape index (κ2) is 7.05. The predicted molar refractivity (Wildman–Crippen MR) is 108 cm³/mol.